The normalized spacial score (nSPS) is 27.7. The highest BCUT2D eigenvalue weighted by Crippen LogP contribution is 2.34. The number of hydrogen-bond acceptors (Lipinski definition) is 6. The Morgan fingerprint density at radius 2 is 1.80 bits per heavy atom. The van der Waals surface area contributed by atoms with Crippen LogP contribution in [0.3, 0.4) is 0 Å². The highest BCUT2D eigenvalue weighted by Gasteiger charge is 2.40. The second-order valence-electron chi connectivity index (χ2n) is 9.04. The van der Waals surface area contributed by atoms with Crippen LogP contribution in [-0.2, 0) is 16.6 Å². The fourth-order valence-electron chi connectivity index (χ4n) is 5.01. The van der Waals surface area contributed by atoms with Crippen LogP contribution in [0.4, 0.5) is 0 Å². The molecule has 30 heavy (non-hydrogen) atoms. The number of hydrogen-bond donors (Lipinski definition) is 2. The second-order valence-corrected chi connectivity index (χ2v) is 11.9. The van der Waals surface area contributed by atoms with Crippen molar-refractivity contribution in [1.29, 1.82) is 0 Å². The van der Waals surface area contributed by atoms with Gasteiger partial charge in [0.2, 0.25) is 0 Å². The van der Waals surface area contributed by atoms with Crippen LogP contribution < -0.4 is 11.1 Å². The number of nitrogens with zero attached hydrogens (tertiary/aromatic N) is 3. The summed E-state index contributed by atoms with van der Waals surface area (Å²) in [7, 11) is -3.44. The van der Waals surface area contributed by atoms with E-state index in [-0.39, 0.29) is 29.8 Å². The molecule has 168 valence electrons. The highest BCUT2D eigenvalue weighted by molar-refractivity contribution is 7.86. The molecule has 3 heterocycles. The first-order chi connectivity index (χ1) is 14.3. The lowest BCUT2D eigenvalue weighted by Crippen LogP contribution is -2.52. The Morgan fingerprint density at radius 1 is 1.17 bits per heavy atom. The van der Waals surface area contributed by atoms with Crippen molar-refractivity contribution in [2.45, 2.75) is 64.0 Å². The third kappa shape index (κ3) is 4.88. The maximum absolute atomic E-state index is 13.2. The number of fused-ring (bicyclic) bond motifs is 3. The van der Waals surface area contributed by atoms with Gasteiger partial charge in [0.1, 0.15) is 5.69 Å². The van der Waals surface area contributed by atoms with Crippen molar-refractivity contribution >= 4 is 27.6 Å². The molecule has 2 bridgehead atoms. The maximum atomic E-state index is 13.2. The zero-order valence-corrected chi connectivity index (χ0v) is 19.3. The zero-order valence-electron chi connectivity index (χ0n) is 17.6. The van der Waals surface area contributed by atoms with E-state index in [0.29, 0.717) is 31.9 Å². The summed E-state index contributed by atoms with van der Waals surface area (Å²) in [6.07, 6.45) is 6.02. The SMILES string of the molecule is CCc1cc(C(=O)NC2C[C@@H]3CC[C@@H](C2)CN(S(=O)(=O)N2CCC(N)CC2)C3)ns1. The molecule has 1 aliphatic carbocycles. The summed E-state index contributed by atoms with van der Waals surface area (Å²) in [4.78, 5) is 13.7. The number of rotatable bonds is 5. The minimum absolute atomic E-state index is 0.0830. The average molecular weight is 456 g/mol. The summed E-state index contributed by atoms with van der Waals surface area (Å²) < 4.78 is 34.1. The molecule has 2 saturated heterocycles. The predicted molar refractivity (Wildman–Crippen MR) is 117 cm³/mol. The van der Waals surface area contributed by atoms with Gasteiger partial charge in [0.05, 0.1) is 0 Å². The van der Waals surface area contributed by atoms with Crippen LogP contribution in [0.1, 0.15) is 60.8 Å². The Balaban J connectivity index is 1.40. The third-order valence-corrected chi connectivity index (χ3v) is 9.67. The molecule has 3 N–H and O–H groups in total. The smallest absolute Gasteiger partial charge is 0.281 e. The van der Waals surface area contributed by atoms with Gasteiger partial charge in [0, 0.05) is 43.1 Å². The standard InChI is InChI=1S/C20H33N5O3S2/c1-2-18-11-19(23-29-18)20(26)22-17-9-14-3-4-15(10-17)13-25(12-14)30(27,28)24-7-5-16(21)6-8-24/h11,14-17H,2-10,12-13,21H2,1H3,(H,22,26)/t14-,15-/m0/s1. The largest absolute Gasteiger partial charge is 0.348 e. The molecule has 1 aromatic heterocycles. The summed E-state index contributed by atoms with van der Waals surface area (Å²) in [5.41, 5.74) is 6.45. The molecule has 0 aromatic carbocycles. The highest BCUT2D eigenvalue weighted by atomic mass is 32.2. The Morgan fingerprint density at radius 3 is 2.37 bits per heavy atom. The van der Waals surface area contributed by atoms with E-state index in [9.17, 15) is 13.2 Å². The maximum Gasteiger partial charge on any atom is 0.281 e. The molecule has 3 fully saturated rings. The van der Waals surface area contributed by atoms with Gasteiger partial charge in [-0.15, -0.1) is 0 Å². The fraction of sp³-hybridized carbons (Fsp3) is 0.800. The van der Waals surface area contributed by atoms with E-state index in [1.807, 2.05) is 6.07 Å². The van der Waals surface area contributed by atoms with Gasteiger partial charge in [-0.1, -0.05) is 6.92 Å². The molecule has 0 spiro atoms. The molecular weight excluding hydrogens is 422 g/mol. The summed E-state index contributed by atoms with van der Waals surface area (Å²) in [6.45, 7) is 4.18. The van der Waals surface area contributed by atoms with E-state index in [1.54, 1.807) is 8.61 Å². The van der Waals surface area contributed by atoms with E-state index in [0.717, 1.165) is 49.8 Å². The van der Waals surface area contributed by atoms with Gasteiger partial charge in [-0.25, -0.2) is 0 Å². The van der Waals surface area contributed by atoms with Gasteiger partial charge in [0.15, 0.2) is 0 Å². The summed E-state index contributed by atoms with van der Waals surface area (Å²) in [5, 5.41) is 3.18. The van der Waals surface area contributed by atoms with Crippen molar-refractivity contribution in [3.05, 3.63) is 16.6 Å². The lowest BCUT2D eigenvalue weighted by atomic mass is 9.95. The number of carbonyl (C=O) groups is 1. The first-order valence-corrected chi connectivity index (χ1v) is 13.3. The molecule has 4 rings (SSSR count). The average Bonchev–Trinajstić information content (AvgIpc) is 3.00. The number of aryl methyl sites for hydroxylation is 1. The summed E-state index contributed by atoms with van der Waals surface area (Å²) >= 11 is 1.38. The van der Waals surface area contributed by atoms with Gasteiger partial charge < -0.3 is 11.1 Å². The number of aromatic nitrogens is 1. The number of amides is 1. The lowest BCUT2D eigenvalue weighted by Gasteiger charge is -2.37. The molecule has 10 heteroatoms. The molecule has 1 amide bonds. The second kappa shape index (κ2) is 9.20. The van der Waals surface area contributed by atoms with Crippen LogP contribution in [-0.4, -0.2) is 65.6 Å². The van der Waals surface area contributed by atoms with Gasteiger partial charge in [-0.05, 0) is 74.4 Å². The molecule has 2 atom stereocenters. The van der Waals surface area contributed by atoms with Crippen molar-refractivity contribution in [2.75, 3.05) is 26.2 Å². The molecule has 0 unspecified atom stereocenters. The molecule has 2 aliphatic heterocycles. The minimum atomic E-state index is -3.44. The van der Waals surface area contributed by atoms with Gasteiger partial charge in [-0.3, -0.25) is 4.79 Å². The van der Waals surface area contributed by atoms with E-state index in [1.165, 1.54) is 11.5 Å². The molecule has 1 aromatic rings. The van der Waals surface area contributed by atoms with Crippen LogP contribution in [0.25, 0.3) is 0 Å². The van der Waals surface area contributed by atoms with Crippen LogP contribution in [0.15, 0.2) is 6.07 Å². The van der Waals surface area contributed by atoms with E-state index >= 15 is 0 Å². The van der Waals surface area contributed by atoms with Crippen molar-refractivity contribution in [3.63, 3.8) is 0 Å². The van der Waals surface area contributed by atoms with Crippen molar-refractivity contribution in [3.8, 4) is 0 Å². The lowest BCUT2D eigenvalue weighted by molar-refractivity contribution is 0.0917. The van der Waals surface area contributed by atoms with E-state index < -0.39 is 10.2 Å². The van der Waals surface area contributed by atoms with E-state index in [4.69, 9.17) is 5.73 Å². The van der Waals surface area contributed by atoms with Crippen LogP contribution in [0.2, 0.25) is 0 Å². The predicted octanol–water partition coefficient (Wildman–Crippen LogP) is 1.59. The van der Waals surface area contributed by atoms with Crippen LogP contribution in [0, 0.1) is 11.8 Å². The first-order valence-electron chi connectivity index (χ1n) is 11.1. The zero-order chi connectivity index (χ0) is 21.3. The van der Waals surface area contributed by atoms with Crippen molar-refractivity contribution in [2.24, 2.45) is 17.6 Å². The van der Waals surface area contributed by atoms with Crippen LogP contribution in [0.5, 0.6) is 0 Å². The van der Waals surface area contributed by atoms with Crippen molar-refractivity contribution in [1.82, 2.24) is 18.3 Å². The van der Waals surface area contributed by atoms with Gasteiger partial charge in [-0.2, -0.15) is 21.4 Å². The topological polar surface area (TPSA) is 109 Å². The Kier molecular flexibility index (Phi) is 6.79. The Hall–Kier alpha value is -1.07. The van der Waals surface area contributed by atoms with Gasteiger partial charge in [0.25, 0.3) is 16.1 Å². The van der Waals surface area contributed by atoms with Crippen molar-refractivity contribution < 1.29 is 13.2 Å². The minimum Gasteiger partial charge on any atom is -0.348 e. The molecule has 1 saturated carbocycles. The number of carbonyl (C=O) groups excluding carboxylic acids is 1. The van der Waals surface area contributed by atoms with Gasteiger partial charge >= 0.3 is 0 Å². The quantitative estimate of drug-likeness (QED) is 0.701. The monoisotopic (exact) mass is 455 g/mol. The van der Waals surface area contributed by atoms with Crippen LogP contribution >= 0.6 is 11.5 Å². The molecular formula is C20H33N5O3S2. The summed E-state index contributed by atoms with van der Waals surface area (Å²) in [6, 6.07) is 2.06. The summed E-state index contributed by atoms with van der Waals surface area (Å²) in [5.74, 6) is 0.433. The number of nitrogens with two attached hydrogens (primary N) is 1. The Bertz CT molecular complexity index is 834. The third-order valence-electron chi connectivity index (χ3n) is 6.77. The Labute approximate surface area is 183 Å². The number of nitrogens with one attached hydrogen (secondary N) is 1. The molecule has 8 nitrogen and oxygen atoms in total. The van der Waals surface area contributed by atoms with E-state index in [2.05, 4.69) is 16.6 Å². The molecule has 3 aliphatic rings. The molecule has 0 radical (unpaired) electrons. The number of piperidine rings is 1. The fourth-order valence-corrected chi connectivity index (χ4v) is 7.45. The first kappa shape index (κ1) is 22.1.